The van der Waals surface area contributed by atoms with Gasteiger partial charge in [0.2, 0.25) is 5.69 Å². The van der Waals surface area contributed by atoms with Crippen molar-refractivity contribution in [1.29, 1.82) is 0 Å². The first-order valence-electron chi connectivity index (χ1n) is 7.31. The Labute approximate surface area is 141 Å². The zero-order chi connectivity index (χ0) is 18.6. The highest BCUT2D eigenvalue weighted by atomic mass is 16.6. The maximum atomic E-state index is 12.3. The maximum absolute atomic E-state index is 12.3. The van der Waals surface area contributed by atoms with Crippen LogP contribution in [0.25, 0.3) is 0 Å². The quantitative estimate of drug-likeness (QED) is 0.597. The Morgan fingerprint density at radius 1 is 1.24 bits per heavy atom. The second kappa shape index (κ2) is 7.38. The van der Waals surface area contributed by atoms with Gasteiger partial charge in [-0.05, 0) is 26.0 Å². The fraction of sp³-hybridized carbons (Fsp3) is 0.286. The number of nitrogens with one attached hydrogen (secondary N) is 1. The fourth-order valence-corrected chi connectivity index (χ4v) is 2.07. The van der Waals surface area contributed by atoms with Gasteiger partial charge in [-0.25, -0.2) is 0 Å². The first-order valence-corrected chi connectivity index (χ1v) is 7.31. The van der Waals surface area contributed by atoms with Crippen LogP contribution in [-0.4, -0.2) is 32.1 Å². The van der Waals surface area contributed by atoms with E-state index in [1.807, 2.05) is 0 Å². The van der Waals surface area contributed by atoms with Crippen molar-refractivity contribution in [1.82, 2.24) is 9.78 Å². The van der Waals surface area contributed by atoms with Crippen molar-refractivity contribution >= 4 is 23.0 Å². The van der Waals surface area contributed by atoms with E-state index in [1.165, 1.54) is 16.8 Å². The smallest absolute Gasteiger partial charge is 0.320 e. The number of carbonyl (C=O) groups excluding carboxylic acids is 1. The molecule has 0 aliphatic heterocycles. The number of rotatable bonds is 7. The Hall–Kier alpha value is -3.50. The summed E-state index contributed by atoms with van der Waals surface area (Å²) >= 11 is 0. The molecule has 1 N–H and O–H groups in total. The van der Waals surface area contributed by atoms with Gasteiger partial charge in [-0.15, -0.1) is 0 Å². The lowest BCUT2D eigenvalue weighted by Gasteiger charge is -2.07. The van der Waals surface area contributed by atoms with Crippen molar-refractivity contribution in [2.24, 2.45) is 0 Å². The van der Waals surface area contributed by atoms with Crippen LogP contribution in [-0.2, 0) is 6.54 Å². The second-order valence-electron chi connectivity index (χ2n) is 4.80. The van der Waals surface area contributed by atoms with Crippen molar-refractivity contribution in [2.75, 3.05) is 11.9 Å². The summed E-state index contributed by atoms with van der Waals surface area (Å²) in [6.07, 6.45) is 1.13. The number of nitrogens with zero attached hydrogens (tertiary/aromatic N) is 4. The zero-order valence-electron chi connectivity index (χ0n) is 13.5. The molecule has 0 unspecified atom stereocenters. The third kappa shape index (κ3) is 3.88. The van der Waals surface area contributed by atoms with Crippen LogP contribution in [0.15, 0.2) is 24.4 Å². The summed E-state index contributed by atoms with van der Waals surface area (Å²) < 4.78 is 6.42. The number of nitro benzene ring substituents is 1. The number of carbonyl (C=O) groups is 1. The molecule has 1 aromatic carbocycles. The van der Waals surface area contributed by atoms with E-state index in [9.17, 15) is 25.0 Å². The first-order chi connectivity index (χ1) is 11.9. The minimum Gasteiger partial charge on any atom is -0.494 e. The van der Waals surface area contributed by atoms with Crippen LogP contribution in [0.3, 0.4) is 0 Å². The van der Waals surface area contributed by atoms with Gasteiger partial charge in [0, 0.05) is 6.54 Å². The number of hydrogen-bond donors (Lipinski definition) is 1. The SMILES string of the molecule is CCOc1ccc(NC(=O)c2nn(CC)cc2[N+](=O)[O-])c([N+](=O)[O-])c1. The van der Waals surface area contributed by atoms with Crippen molar-refractivity contribution in [2.45, 2.75) is 20.4 Å². The molecule has 0 aliphatic rings. The van der Waals surface area contributed by atoms with E-state index in [1.54, 1.807) is 13.8 Å². The molecule has 0 radical (unpaired) electrons. The second-order valence-corrected chi connectivity index (χ2v) is 4.80. The summed E-state index contributed by atoms with van der Waals surface area (Å²) in [5.41, 5.74) is -1.40. The van der Waals surface area contributed by atoms with Crippen LogP contribution in [0.4, 0.5) is 17.1 Å². The monoisotopic (exact) mass is 349 g/mol. The maximum Gasteiger partial charge on any atom is 0.320 e. The van der Waals surface area contributed by atoms with Gasteiger partial charge in [0.25, 0.3) is 11.6 Å². The number of benzene rings is 1. The molecule has 11 heteroatoms. The Bertz CT molecular complexity index is 831. The normalized spacial score (nSPS) is 10.3. The van der Waals surface area contributed by atoms with Gasteiger partial charge < -0.3 is 10.1 Å². The van der Waals surface area contributed by atoms with Gasteiger partial charge in [-0.1, -0.05) is 0 Å². The van der Waals surface area contributed by atoms with Crippen LogP contribution in [0.1, 0.15) is 24.3 Å². The zero-order valence-corrected chi connectivity index (χ0v) is 13.5. The van der Waals surface area contributed by atoms with Gasteiger partial charge >= 0.3 is 5.69 Å². The van der Waals surface area contributed by atoms with Crippen LogP contribution in [0.5, 0.6) is 5.75 Å². The van der Waals surface area contributed by atoms with Crippen LogP contribution in [0.2, 0.25) is 0 Å². The van der Waals surface area contributed by atoms with Gasteiger partial charge in [0.15, 0.2) is 0 Å². The molecule has 11 nitrogen and oxygen atoms in total. The number of aromatic nitrogens is 2. The number of nitro groups is 2. The standard InChI is InChI=1S/C14H15N5O6/c1-3-17-8-12(19(23)24)13(16-17)14(20)15-10-6-5-9(25-4-2)7-11(10)18(21)22/h5-8H,3-4H2,1-2H3,(H,15,20). The molecule has 0 bridgehead atoms. The molecule has 0 saturated carbocycles. The number of ether oxygens (including phenoxy) is 1. The van der Waals surface area contributed by atoms with Gasteiger partial charge in [0.05, 0.1) is 22.5 Å². The van der Waals surface area contributed by atoms with E-state index >= 15 is 0 Å². The van der Waals surface area contributed by atoms with Gasteiger partial charge in [-0.3, -0.25) is 29.7 Å². The van der Waals surface area contributed by atoms with E-state index in [0.717, 1.165) is 12.3 Å². The molecular formula is C14H15N5O6. The topological polar surface area (TPSA) is 142 Å². The molecule has 2 rings (SSSR count). The minimum atomic E-state index is -0.911. The molecular weight excluding hydrogens is 334 g/mol. The highest BCUT2D eigenvalue weighted by Gasteiger charge is 2.27. The van der Waals surface area contributed by atoms with Crippen LogP contribution < -0.4 is 10.1 Å². The highest BCUT2D eigenvalue weighted by molar-refractivity contribution is 6.06. The molecule has 2 aromatic rings. The summed E-state index contributed by atoms with van der Waals surface area (Å²) in [6.45, 7) is 4.08. The Balaban J connectivity index is 2.36. The molecule has 0 spiro atoms. The average Bonchev–Trinajstić information content (AvgIpc) is 3.01. The lowest BCUT2D eigenvalue weighted by atomic mass is 10.2. The van der Waals surface area contributed by atoms with Crippen molar-refractivity contribution in [3.63, 3.8) is 0 Å². The molecule has 25 heavy (non-hydrogen) atoms. The summed E-state index contributed by atoms with van der Waals surface area (Å²) in [7, 11) is 0. The number of amides is 1. The molecule has 1 aromatic heterocycles. The molecule has 1 amide bonds. The van der Waals surface area contributed by atoms with E-state index in [2.05, 4.69) is 10.4 Å². The summed E-state index contributed by atoms with van der Waals surface area (Å²) in [6, 6.07) is 3.91. The van der Waals surface area contributed by atoms with Crippen molar-refractivity contribution < 1.29 is 19.4 Å². The average molecular weight is 349 g/mol. The van der Waals surface area contributed by atoms with E-state index in [-0.39, 0.29) is 11.4 Å². The molecule has 0 saturated heterocycles. The van der Waals surface area contributed by atoms with E-state index < -0.39 is 32.8 Å². The lowest BCUT2D eigenvalue weighted by Crippen LogP contribution is -2.15. The highest BCUT2D eigenvalue weighted by Crippen LogP contribution is 2.30. The van der Waals surface area contributed by atoms with Crippen molar-refractivity contribution in [3.8, 4) is 5.75 Å². The number of aryl methyl sites for hydroxylation is 1. The summed E-state index contributed by atoms with van der Waals surface area (Å²) in [5, 5.41) is 28.4. The Kier molecular flexibility index (Phi) is 5.27. The van der Waals surface area contributed by atoms with Gasteiger partial charge in [-0.2, -0.15) is 5.10 Å². The summed E-state index contributed by atoms with van der Waals surface area (Å²) in [4.78, 5) is 33.1. The molecule has 0 fully saturated rings. The third-order valence-electron chi connectivity index (χ3n) is 3.20. The molecule has 132 valence electrons. The number of hydrogen-bond acceptors (Lipinski definition) is 7. The number of anilines is 1. The van der Waals surface area contributed by atoms with E-state index in [4.69, 9.17) is 4.74 Å². The molecule has 0 aliphatic carbocycles. The molecule has 0 atom stereocenters. The van der Waals surface area contributed by atoms with Crippen LogP contribution in [0, 0.1) is 20.2 Å². The lowest BCUT2D eigenvalue weighted by molar-refractivity contribution is -0.385. The predicted molar refractivity (Wildman–Crippen MR) is 86.8 cm³/mol. The third-order valence-corrected chi connectivity index (χ3v) is 3.20. The van der Waals surface area contributed by atoms with Crippen LogP contribution >= 0.6 is 0 Å². The fourth-order valence-electron chi connectivity index (χ4n) is 2.07. The predicted octanol–water partition coefficient (Wildman–Crippen LogP) is 2.37. The molecule has 1 heterocycles. The summed E-state index contributed by atoms with van der Waals surface area (Å²) in [5.74, 6) is -0.639. The first kappa shape index (κ1) is 17.8. The minimum absolute atomic E-state index is 0.112. The van der Waals surface area contributed by atoms with Crippen molar-refractivity contribution in [3.05, 3.63) is 50.3 Å². The Morgan fingerprint density at radius 2 is 1.92 bits per heavy atom. The Morgan fingerprint density at radius 3 is 2.48 bits per heavy atom. The van der Waals surface area contributed by atoms with E-state index in [0.29, 0.717) is 13.2 Å². The van der Waals surface area contributed by atoms with Gasteiger partial charge in [0.1, 0.15) is 17.6 Å². The largest absolute Gasteiger partial charge is 0.494 e.